The summed E-state index contributed by atoms with van der Waals surface area (Å²) in [5.41, 5.74) is -3.85. The molecule has 5 fully saturated rings. The maximum Gasteiger partial charge on any atom is 0.338 e. The maximum atomic E-state index is 13.3. The van der Waals surface area contributed by atoms with Crippen LogP contribution >= 0.6 is 0 Å². The molecule has 7 rings (SSSR count). The summed E-state index contributed by atoms with van der Waals surface area (Å²) >= 11 is 0. The number of hydrogen-bond acceptors (Lipinski definition) is 14. The molecule has 242 valence electrons. The molecule has 4 bridgehead atoms. The zero-order chi connectivity index (χ0) is 32.3. The fourth-order valence-electron chi connectivity index (χ4n) is 7.23. The van der Waals surface area contributed by atoms with E-state index in [1.165, 1.54) is 55.6 Å². The Labute approximate surface area is 257 Å². The van der Waals surface area contributed by atoms with Gasteiger partial charge < -0.3 is 54.0 Å². The van der Waals surface area contributed by atoms with Crippen LogP contribution in [0.15, 0.2) is 48.5 Å². The molecule has 0 unspecified atom stereocenters. The minimum absolute atomic E-state index is 0.0391. The summed E-state index contributed by atoms with van der Waals surface area (Å²) < 4.78 is 35.3. The first kappa shape index (κ1) is 31.4. The minimum atomic E-state index is -1.77. The largest absolute Gasteiger partial charge is 0.508 e. The molecule has 3 saturated carbocycles. The predicted octanol–water partition coefficient (Wildman–Crippen LogP) is 0.415. The van der Waals surface area contributed by atoms with Crippen LogP contribution in [0.2, 0.25) is 0 Å². The molecule has 0 aromatic heterocycles. The summed E-state index contributed by atoms with van der Waals surface area (Å²) in [6.45, 7) is 0.745. The average Bonchev–Trinajstić information content (AvgIpc) is 3.09. The Morgan fingerprint density at radius 3 is 2.04 bits per heavy atom. The minimum Gasteiger partial charge on any atom is -0.508 e. The number of ether oxygens (including phenoxy) is 6. The number of carbonyl (C=O) groups excluding carboxylic acids is 3. The van der Waals surface area contributed by atoms with Crippen LogP contribution in [0.3, 0.4) is 0 Å². The maximum absolute atomic E-state index is 13.3. The van der Waals surface area contributed by atoms with Crippen molar-refractivity contribution < 1.29 is 68.3 Å². The van der Waals surface area contributed by atoms with Crippen LogP contribution in [0.1, 0.15) is 40.5 Å². The van der Waals surface area contributed by atoms with E-state index in [0.29, 0.717) is 0 Å². The first-order chi connectivity index (χ1) is 21.4. The Hall–Kier alpha value is -3.63. The number of fused-ring (bicyclic) bond motifs is 1. The number of Topliss-reactive ketones (excluding diaryl/α,β-unsaturated/α-hetero) is 1. The van der Waals surface area contributed by atoms with E-state index in [1.807, 2.05) is 0 Å². The molecule has 2 aliphatic heterocycles. The van der Waals surface area contributed by atoms with E-state index in [-0.39, 0.29) is 47.9 Å². The van der Waals surface area contributed by atoms with Gasteiger partial charge in [-0.05, 0) is 61.9 Å². The standard InChI is InChI=1S/C31H34O14/c1-29-12-20(34)19-11-31(29,30(19,28(40-2)45-29)14-42-26(39)16-5-9-18(33)10-6-16)44-27-24(37)23(36)22(35)21(43-27)13-41-25(38)15-3-7-17(32)8-4-15/h3-10,19,21-24,27-28,32-33,35-37H,11-14H2,1-2H3/t19-,21+,22+,23-,24+,27-,28-,29-,30-,31-/m0/s1. The van der Waals surface area contributed by atoms with Gasteiger partial charge in [-0.25, -0.2) is 9.59 Å². The monoisotopic (exact) mass is 630 g/mol. The molecule has 5 N–H and O–H groups in total. The normalized spacial score (nSPS) is 38.3. The highest BCUT2D eigenvalue weighted by Gasteiger charge is 2.87. The number of esters is 2. The third-order valence-corrected chi connectivity index (χ3v) is 9.63. The molecule has 2 aromatic rings. The van der Waals surface area contributed by atoms with Gasteiger partial charge >= 0.3 is 11.9 Å². The average molecular weight is 631 g/mol. The number of phenols is 2. The number of benzene rings is 2. The summed E-state index contributed by atoms with van der Waals surface area (Å²) in [6, 6.07) is 10.7. The van der Waals surface area contributed by atoms with Crippen LogP contribution in [0.5, 0.6) is 11.5 Å². The molecule has 0 amide bonds. The number of ketones is 1. The molecule has 5 aliphatic rings. The highest BCUT2D eigenvalue weighted by molar-refractivity contribution is 5.91. The van der Waals surface area contributed by atoms with Gasteiger partial charge in [-0.3, -0.25) is 4.79 Å². The molecular formula is C31H34O14. The van der Waals surface area contributed by atoms with Crippen molar-refractivity contribution in [1.29, 1.82) is 0 Å². The van der Waals surface area contributed by atoms with Gasteiger partial charge in [-0.15, -0.1) is 0 Å². The van der Waals surface area contributed by atoms with Gasteiger partial charge in [0.25, 0.3) is 0 Å². The number of methoxy groups -OCH3 is 1. The van der Waals surface area contributed by atoms with Gasteiger partial charge in [-0.2, -0.15) is 0 Å². The van der Waals surface area contributed by atoms with Crippen LogP contribution < -0.4 is 0 Å². The second kappa shape index (κ2) is 11.3. The smallest absolute Gasteiger partial charge is 0.338 e. The van der Waals surface area contributed by atoms with E-state index in [1.54, 1.807) is 6.92 Å². The van der Waals surface area contributed by atoms with Crippen molar-refractivity contribution in [2.24, 2.45) is 11.3 Å². The van der Waals surface area contributed by atoms with Gasteiger partial charge in [0, 0.05) is 19.4 Å². The van der Waals surface area contributed by atoms with Crippen LogP contribution in [-0.4, -0.2) is 112 Å². The van der Waals surface area contributed by atoms with Crippen LogP contribution in [0.4, 0.5) is 0 Å². The third-order valence-electron chi connectivity index (χ3n) is 9.63. The van der Waals surface area contributed by atoms with E-state index in [0.717, 1.165) is 0 Å². The first-order valence-electron chi connectivity index (χ1n) is 14.4. The number of aliphatic hydroxyl groups is 3. The molecule has 2 saturated heterocycles. The van der Waals surface area contributed by atoms with Crippen molar-refractivity contribution in [1.82, 2.24) is 0 Å². The second-order valence-electron chi connectivity index (χ2n) is 12.1. The first-order valence-corrected chi connectivity index (χ1v) is 14.4. The van der Waals surface area contributed by atoms with Crippen LogP contribution in [-0.2, 0) is 33.2 Å². The highest BCUT2D eigenvalue weighted by atomic mass is 16.8. The second-order valence-corrected chi connectivity index (χ2v) is 12.1. The Kier molecular flexibility index (Phi) is 7.88. The number of aromatic hydroxyl groups is 2. The zero-order valence-electron chi connectivity index (χ0n) is 24.4. The molecule has 2 heterocycles. The van der Waals surface area contributed by atoms with Crippen molar-refractivity contribution in [3.63, 3.8) is 0 Å². The van der Waals surface area contributed by atoms with E-state index < -0.39 is 78.1 Å². The molecule has 0 radical (unpaired) electrons. The van der Waals surface area contributed by atoms with E-state index in [9.17, 15) is 39.9 Å². The summed E-state index contributed by atoms with van der Waals surface area (Å²) in [7, 11) is 1.38. The van der Waals surface area contributed by atoms with Crippen LogP contribution in [0.25, 0.3) is 0 Å². The van der Waals surface area contributed by atoms with Gasteiger partial charge in [0.15, 0.2) is 12.6 Å². The molecule has 3 aliphatic carbocycles. The van der Waals surface area contributed by atoms with E-state index in [2.05, 4.69) is 0 Å². The lowest BCUT2D eigenvalue weighted by Crippen LogP contribution is -2.80. The van der Waals surface area contributed by atoms with Crippen molar-refractivity contribution in [2.45, 2.75) is 68.0 Å². The lowest BCUT2D eigenvalue weighted by Gasteiger charge is -2.66. The third kappa shape index (κ3) is 4.79. The Balaban J connectivity index is 1.24. The Morgan fingerprint density at radius 2 is 1.47 bits per heavy atom. The van der Waals surface area contributed by atoms with Gasteiger partial charge in [0.2, 0.25) is 0 Å². The lowest BCUT2D eigenvalue weighted by atomic mass is 9.41. The Bertz CT molecular complexity index is 1460. The molecule has 10 atom stereocenters. The summed E-state index contributed by atoms with van der Waals surface area (Å²) in [6.07, 6.45) is -9.18. The molecular weight excluding hydrogens is 596 g/mol. The fourth-order valence-corrected chi connectivity index (χ4v) is 7.23. The molecule has 2 aromatic carbocycles. The number of aliphatic hydroxyl groups excluding tert-OH is 3. The number of hydrogen-bond donors (Lipinski definition) is 5. The molecule has 0 spiro atoms. The molecule has 14 heteroatoms. The molecule has 14 nitrogen and oxygen atoms in total. The van der Waals surface area contributed by atoms with E-state index >= 15 is 0 Å². The van der Waals surface area contributed by atoms with Gasteiger partial charge in [0.1, 0.15) is 66.1 Å². The van der Waals surface area contributed by atoms with Crippen molar-refractivity contribution in [3.8, 4) is 11.5 Å². The molecule has 45 heavy (non-hydrogen) atoms. The summed E-state index contributed by atoms with van der Waals surface area (Å²) in [4.78, 5) is 38.8. The number of rotatable bonds is 9. The van der Waals surface area contributed by atoms with E-state index in [4.69, 9.17) is 28.4 Å². The summed E-state index contributed by atoms with van der Waals surface area (Å²) in [5.74, 6) is -2.46. The van der Waals surface area contributed by atoms with Crippen molar-refractivity contribution >= 4 is 17.7 Å². The number of carbonyl (C=O) groups is 3. The summed E-state index contributed by atoms with van der Waals surface area (Å²) in [5, 5.41) is 51.4. The van der Waals surface area contributed by atoms with Crippen molar-refractivity contribution in [3.05, 3.63) is 59.7 Å². The lowest BCUT2D eigenvalue weighted by molar-refractivity contribution is -0.381. The predicted molar refractivity (Wildman–Crippen MR) is 148 cm³/mol. The van der Waals surface area contributed by atoms with Gasteiger partial charge in [0.05, 0.1) is 16.5 Å². The van der Waals surface area contributed by atoms with Gasteiger partial charge in [-0.1, -0.05) is 0 Å². The highest BCUT2D eigenvalue weighted by Crippen LogP contribution is 2.74. The fraction of sp³-hybridized carbons (Fsp3) is 0.516. The zero-order valence-corrected chi connectivity index (χ0v) is 24.4. The number of phenolic OH excluding ortho intramolecular Hbond substituents is 2. The van der Waals surface area contributed by atoms with Crippen molar-refractivity contribution in [2.75, 3.05) is 20.3 Å². The quantitative estimate of drug-likeness (QED) is 0.238. The SMILES string of the molecule is CO[C@H]1O[C@@]2(C)CC(=O)[C@@H]3C[C@@]2(O[C@@H]2O[C@H](COC(=O)c4ccc(O)cc4)[C@@H](O)[C@H](O)[C@H]2O)[C@]13COC(=O)c1ccc(O)cc1. The van der Waals surface area contributed by atoms with Crippen LogP contribution in [0, 0.1) is 11.3 Å². The Morgan fingerprint density at radius 1 is 0.889 bits per heavy atom. The topological polar surface area (TPSA) is 208 Å².